The molecule has 0 aliphatic carbocycles. The number of halogens is 1. The number of aromatic nitrogens is 4. The molecule has 0 radical (unpaired) electrons. The van der Waals surface area contributed by atoms with Gasteiger partial charge >= 0.3 is 0 Å². The minimum atomic E-state index is -3.61. The van der Waals surface area contributed by atoms with Crippen molar-refractivity contribution in [3.05, 3.63) is 28.3 Å². The minimum Gasteiger partial charge on any atom is -0.271 e. The second-order valence-corrected chi connectivity index (χ2v) is 9.08. The Kier molecular flexibility index (Phi) is 5.87. The fraction of sp³-hybridized carbons (Fsp3) is 0.600. The predicted octanol–water partition coefficient (Wildman–Crippen LogP) is 2.65. The maximum Gasteiger partial charge on any atom is 0.246 e. The highest BCUT2D eigenvalue weighted by Crippen LogP contribution is 2.23. The first-order valence-electron chi connectivity index (χ1n) is 7.87. The summed E-state index contributed by atoms with van der Waals surface area (Å²) in [5.74, 6) is 0.396. The molecule has 7 nitrogen and oxygen atoms in total. The van der Waals surface area contributed by atoms with E-state index >= 15 is 0 Å². The molecule has 134 valence electrons. The molecule has 0 spiro atoms. The van der Waals surface area contributed by atoms with E-state index in [1.165, 1.54) is 4.31 Å². The molecule has 0 bridgehead atoms. The summed E-state index contributed by atoms with van der Waals surface area (Å²) in [5, 5.41) is 8.56. The van der Waals surface area contributed by atoms with Crippen LogP contribution in [0.2, 0.25) is 0 Å². The molecule has 0 aliphatic heterocycles. The first-order valence-corrected chi connectivity index (χ1v) is 10.1. The summed E-state index contributed by atoms with van der Waals surface area (Å²) in [7, 11) is -2.04. The van der Waals surface area contributed by atoms with Crippen molar-refractivity contribution < 1.29 is 8.42 Å². The van der Waals surface area contributed by atoms with Crippen LogP contribution in [0.3, 0.4) is 0 Å². The Morgan fingerprint density at radius 1 is 1.38 bits per heavy atom. The van der Waals surface area contributed by atoms with Gasteiger partial charge in [0.2, 0.25) is 10.0 Å². The van der Waals surface area contributed by atoms with Crippen LogP contribution >= 0.6 is 15.9 Å². The maximum absolute atomic E-state index is 12.9. The van der Waals surface area contributed by atoms with E-state index in [1.54, 1.807) is 35.7 Å². The smallest absolute Gasteiger partial charge is 0.246 e. The van der Waals surface area contributed by atoms with Crippen molar-refractivity contribution in [3.8, 4) is 0 Å². The van der Waals surface area contributed by atoms with Crippen LogP contribution in [0.4, 0.5) is 0 Å². The van der Waals surface area contributed by atoms with Crippen LogP contribution < -0.4 is 0 Å². The molecule has 0 saturated carbocycles. The lowest BCUT2D eigenvalue weighted by Gasteiger charge is -2.17. The zero-order chi connectivity index (χ0) is 18.1. The summed E-state index contributed by atoms with van der Waals surface area (Å²) < 4.78 is 31.5. The quantitative estimate of drug-likeness (QED) is 0.693. The van der Waals surface area contributed by atoms with E-state index in [9.17, 15) is 8.42 Å². The van der Waals surface area contributed by atoms with E-state index in [2.05, 4.69) is 40.0 Å². The molecule has 9 heteroatoms. The first-order chi connectivity index (χ1) is 11.2. The van der Waals surface area contributed by atoms with Gasteiger partial charge in [-0.3, -0.25) is 9.36 Å². The maximum atomic E-state index is 12.9. The van der Waals surface area contributed by atoms with Crippen molar-refractivity contribution in [1.29, 1.82) is 0 Å². The lowest BCUT2D eigenvalue weighted by molar-refractivity contribution is 0.445. The molecule has 0 aliphatic rings. The average Bonchev–Trinajstić information content (AvgIpc) is 3.02. The second kappa shape index (κ2) is 7.37. The Labute approximate surface area is 151 Å². The van der Waals surface area contributed by atoms with Gasteiger partial charge in [0.15, 0.2) is 0 Å². The van der Waals surface area contributed by atoms with Gasteiger partial charge in [-0.1, -0.05) is 13.8 Å². The minimum absolute atomic E-state index is 0.242. The Balaban J connectivity index is 2.29. The highest BCUT2D eigenvalue weighted by Gasteiger charge is 2.27. The van der Waals surface area contributed by atoms with Gasteiger partial charge in [-0.25, -0.2) is 8.42 Å². The summed E-state index contributed by atoms with van der Waals surface area (Å²) in [6, 6.07) is 0. The monoisotopic (exact) mass is 417 g/mol. The van der Waals surface area contributed by atoms with E-state index < -0.39 is 10.0 Å². The van der Waals surface area contributed by atoms with Crippen molar-refractivity contribution in [2.75, 3.05) is 7.05 Å². The van der Waals surface area contributed by atoms with Crippen molar-refractivity contribution in [3.63, 3.8) is 0 Å². The Bertz CT molecular complexity index is 810. The first kappa shape index (κ1) is 19.1. The molecular weight excluding hydrogens is 394 g/mol. The lowest BCUT2D eigenvalue weighted by atomic mass is 10.2. The van der Waals surface area contributed by atoms with E-state index in [4.69, 9.17) is 0 Å². The lowest BCUT2D eigenvalue weighted by Crippen LogP contribution is -2.28. The van der Waals surface area contributed by atoms with Crippen molar-refractivity contribution in [1.82, 2.24) is 23.9 Å². The van der Waals surface area contributed by atoms with Gasteiger partial charge in [-0.2, -0.15) is 14.5 Å². The summed E-state index contributed by atoms with van der Waals surface area (Å²) in [6.45, 7) is 9.45. The average molecular weight is 418 g/mol. The standard InChI is InChI=1S/C15H24BrN5O2S/c1-6-21-14(13(16)7-17-21)9-19(5)24(22,23)15-10-20(8-11(2)3)18-12(15)4/h7,10-11H,6,8-9H2,1-5H3. The third kappa shape index (κ3) is 3.89. The van der Waals surface area contributed by atoms with Gasteiger partial charge in [0, 0.05) is 26.3 Å². The number of rotatable bonds is 7. The zero-order valence-corrected chi connectivity index (χ0v) is 17.1. The van der Waals surface area contributed by atoms with Crippen molar-refractivity contribution >= 4 is 26.0 Å². The van der Waals surface area contributed by atoms with E-state index in [1.807, 2.05) is 6.92 Å². The van der Waals surface area contributed by atoms with Gasteiger partial charge < -0.3 is 0 Å². The summed E-state index contributed by atoms with van der Waals surface area (Å²) in [6.07, 6.45) is 3.30. The Morgan fingerprint density at radius 2 is 2.04 bits per heavy atom. The molecule has 0 unspecified atom stereocenters. The molecule has 2 aromatic heterocycles. The molecule has 2 aromatic rings. The number of nitrogens with zero attached hydrogens (tertiary/aromatic N) is 5. The van der Waals surface area contributed by atoms with Crippen LogP contribution in [0, 0.1) is 12.8 Å². The molecule has 0 aromatic carbocycles. The van der Waals surface area contributed by atoms with Crippen molar-refractivity contribution in [2.24, 2.45) is 5.92 Å². The summed E-state index contributed by atoms with van der Waals surface area (Å²) >= 11 is 3.43. The van der Waals surface area contributed by atoms with Crippen LogP contribution in [0.15, 0.2) is 21.8 Å². The van der Waals surface area contributed by atoms with Crippen LogP contribution in [-0.4, -0.2) is 39.3 Å². The molecule has 0 N–H and O–H groups in total. The molecule has 0 amide bonds. The van der Waals surface area contributed by atoms with E-state index in [-0.39, 0.29) is 11.4 Å². The Morgan fingerprint density at radius 3 is 2.62 bits per heavy atom. The van der Waals surface area contributed by atoms with Crippen LogP contribution in [0.1, 0.15) is 32.2 Å². The molecule has 0 saturated heterocycles. The predicted molar refractivity (Wildman–Crippen MR) is 96.1 cm³/mol. The Hall–Kier alpha value is -1.19. The van der Waals surface area contributed by atoms with Crippen molar-refractivity contribution in [2.45, 2.75) is 52.2 Å². The van der Waals surface area contributed by atoms with Crippen LogP contribution in [0.5, 0.6) is 0 Å². The molecule has 0 atom stereocenters. The van der Waals surface area contributed by atoms with Gasteiger partial charge in [-0.05, 0) is 35.7 Å². The third-order valence-electron chi connectivity index (χ3n) is 3.71. The number of hydrogen-bond donors (Lipinski definition) is 0. The highest BCUT2D eigenvalue weighted by atomic mass is 79.9. The molecule has 2 heterocycles. The molecular formula is C15H24BrN5O2S. The summed E-state index contributed by atoms with van der Waals surface area (Å²) in [5.41, 5.74) is 1.35. The molecule has 24 heavy (non-hydrogen) atoms. The fourth-order valence-corrected chi connectivity index (χ4v) is 4.22. The summed E-state index contributed by atoms with van der Waals surface area (Å²) in [4.78, 5) is 0.254. The number of hydrogen-bond acceptors (Lipinski definition) is 4. The largest absolute Gasteiger partial charge is 0.271 e. The number of aryl methyl sites for hydroxylation is 2. The highest BCUT2D eigenvalue weighted by molar-refractivity contribution is 9.10. The SMILES string of the molecule is CCn1ncc(Br)c1CN(C)S(=O)(=O)c1cn(CC(C)C)nc1C. The fourth-order valence-electron chi connectivity index (χ4n) is 2.50. The topological polar surface area (TPSA) is 73.0 Å². The van der Waals surface area contributed by atoms with Crippen LogP contribution in [-0.2, 0) is 29.7 Å². The van der Waals surface area contributed by atoms with Crippen LogP contribution in [0.25, 0.3) is 0 Å². The zero-order valence-electron chi connectivity index (χ0n) is 14.7. The van der Waals surface area contributed by atoms with Gasteiger partial charge in [-0.15, -0.1) is 0 Å². The van der Waals surface area contributed by atoms with E-state index in [0.717, 1.165) is 10.2 Å². The molecule has 2 rings (SSSR count). The van der Waals surface area contributed by atoms with Gasteiger partial charge in [0.1, 0.15) is 4.90 Å². The van der Waals surface area contributed by atoms with Gasteiger partial charge in [0.05, 0.1) is 28.6 Å². The van der Waals surface area contributed by atoms with Gasteiger partial charge in [0.25, 0.3) is 0 Å². The third-order valence-corrected chi connectivity index (χ3v) is 6.28. The molecule has 0 fully saturated rings. The van der Waals surface area contributed by atoms with E-state index in [0.29, 0.717) is 24.7 Å². The normalized spacial score (nSPS) is 12.5. The number of sulfonamides is 1. The second-order valence-electron chi connectivity index (χ2n) is 6.21.